The average Bonchev–Trinajstić information content (AvgIpc) is 3.13. The fourth-order valence-corrected chi connectivity index (χ4v) is 4.79. The Bertz CT molecular complexity index is 1210. The number of hydrogen-bond donors (Lipinski definition) is 0. The van der Waals surface area contributed by atoms with E-state index in [9.17, 15) is 0 Å². The van der Waals surface area contributed by atoms with Crippen LogP contribution in [0.2, 0.25) is 0 Å². The Hall–Kier alpha value is -3.38. The van der Waals surface area contributed by atoms with Gasteiger partial charge < -0.3 is 0 Å². The van der Waals surface area contributed by atoms with Crippen molar-refractivity contribution in [2.24, 2.45) is 0 Å². The first-order valence-corrected chi connectivity index (χ1v) is 9.52. The first-order chi connectivity index (χ1) is 13.4. The van der Waals surface area contributed by atoms with Gasteiger partial charge in [0.05, 0.1) is 0 Å². The molecule has 5 aromatic carbocycles. The van der Waals surface area contributed by atoms with Crippen LogP contribution in [-0.2, 0) is 6.42 Å². The Morgan fingerprint density at radius 2 is 0.852 bits per heavy atom. The summed E-state index contributed by atoms with van der Waals surface area (Å²) < 4.78 is 0. The number of benzene rings is 5. The molecule has 0 bridgehead atoms. The molecule has 0 atom stereocenters. The summed E-state index contributed by atoms with van der Waals surface area (Å²) in [4.78, 5) is 0. The second-order valence-corrected chi connectivity index (χ2v) is 7.34. The highest BCUT2D eigenvalue weighted by atomic mass is 14.3. The van der Waals surface area contributed by atoms with Crippen LogP contribution >= 0.6 is 0 Å². The Labute approximate surface area is 158 Å². The topological polar surface area (TPSA) is 0 Å². The average molecular weight is 342 g/mol. The molecule has 6 rings (SSSR count). The normalized spacial score (nSPS) is 12.3. The highest BCUT2D eigenvalue weighted by Crippen LogP contribution is 2.48. The zero-order valence-electron chi connectivity index (χ0n) is 14.9. The smallest absolute Gasteiger partial charge is 0.00130 e. The lowest BCUT2D eigenvalue weighted by molar-refractivity contribution is 1.27. The third-order valence-electron chi connectivity index (χ3n) is 5.85. The van der Waals surface area contributed by atoms with Gasteiger partial charge in [0.15, 0.2) is 0 Å². The lowest BCUT2D eigenvalue weighted by Crippen LogP contribution is -1.91. The maximum atomic E-state index is 2.30. The van der Waals surface area contributed by atoms with Gasteiger partial charge >= 0.3 is 0 Å². The minimum absolute atomic E-state index is 1.04. The van der Waals surface area contributed by atoms with E-state index in [-0.39, 0.29) is 0 Å². The monoisotopic (exact) mass is 342 g/mol. The van der Waals surface area contributed by atoms with Gasteiger partial charge in [0.1, 0.15) is 0 Å². The Balaban J connectivity index is 1.91. The molecule has 0 radical (unpaired) electrons. The van der Waals surface area contributed by atoms with Gasteiger partial charge in [-0.2, -0.15) is 0 Å². The zero-order chi connectivity index (χ0) is 17.8. The molecular weight excluding hydrogens is 324 g/mol. The highest BCUT2D eigenvalue weighted by Gasteiger charge is 2.23. The number of rotatable bonds is 2. The van der Waals surface area contributed by atoms with Crippen molar-refractivity contribution < 1.29 is 0 Å². The molecule has 0 saturated heterocycles. The number of hydrogen-bond acceptors (Lipinski definition) is 0. The van der Waals surface area contributed by atoms with Gasteiger partial charge in [-0.25, -0.2) is 0 Å². The van der Waals surface area contributed by atoms with Crippen molar-refractivity contribution in [3.63, 3.8) is 0 Å². The molecule has 0 saturated carbocycles. The van der Waals surface area contributed by atoms with E-state index in [1.807, 2.05) is 0 Å². The molecule has 1 aliphatic rings. The molecular formula is C27H18. The second kappa shape index (κ2) is 5.56. The molecule has 0 spiro atoms. The first-order valence-electron chi connectivity index (χ1n) is 9.52. The Morgan fingerprint density at radius 3 is 1.30 bits per heavy atom. The third kappa shape index (κ3) is 2.04. The van der Waals surface area contributed by atoms with Crippen LogP contribution in [-0.4, -0.2) is 0 Å². The van der Waals surface area contributed by atoms with Gasteiger partial charge in [0.2, 0.25) is 0 Å². The van der Waals surface area contributed by atoms with Crippen LogP contribution in [0.3, 0.4) is 0 Å². The van der Waals surface area contributed by atoms with Gasteiger partial charge in [-0.15, -0.1) is 0 Å². The summed E-state index contributed by atoms with van der Waals surface area (Å²) >= 11 is 0. The Kier molecular flexibility index (Phi) is 3.04. The van der Waals surface area contributed by atoms with E-state index in [1.165, 1.54) is 54.9 Å². The largest absolute Gasteiger partial charge is 0.0622 e. The van der Waals surface area contributed by atoms with Crippen molar-refractivity contribution in [1.82, 2.24) is 0 Å². The Morgan fingerprint density at radius 1 is 0.407 bits per heavy atom. The summed E-state index contributed by atoms with van der Waals surface area (Å²) in [6, 6.07) is 35.3. The van der Waals surface area contributed by atoms with Gasteiger partial charge in [-0.1, -0.05) is 97.1 Å². The van der Waals surface area contributed by atoms with E-state index >= 15 is 0 Å². The van der Waals surface area contributed by atoms with E-state index < -0.39 is 0 Å². The standard InChI is InChI=1S/C27H18/c1-3-9-18(10-4-1)24-22-15-7-13-20-17-21-14-8-16-23(27(21)26(20)22)25(24)19-11-5-2-6-12-19/h1-16H,17H2. The third-order valence-corrected chi connectivity index (χ3v) is 5.85. The minimum Gasteiger partial charge on any atom is -0.0622 e. The van der Waals surface area contributed by atoms with E-state index in [0.29, 0.717) is 0 Å². The lowest BCUT2D eigenvalue weighted by atomic mass is 9.85. The van der Waals surface area contributed by atoms with E-state index in [1.54, 1.807) is 0 Å². The summed E-state index contributed by atoms with van der Waals surface area (Å²) in [7, 11) is 0. The van der Waals surface area contributed by atoms with Crippen LogP contribution in [0, 0.1) is 0 Å². The van der Waals surface area contributed by atoms with E-state index in [4.69, 9.17) is 0 Å². The zero-order valence-corrected chi connectivity index (χ0v) is 14.9. The van der Waals surface area contributed by atoms with Crippen LogP contribution in [0.5, 0.6) is 0 Å². The molecule has 0 nitrogen and oxygen atoms in total. The molecule has 0 heteroatoms. The fraction of sp³-hybridized carbons (Fsp3) is 0.0370. The molecule has 0 N–H and O–H groups in total. The van der Waals surface area contributed by atoms with Crippen molar-refractivity contribution in [2.75, 3.05) is 0 Å². The van der Waals surface area contributed by atoms with Crippen LogP contribution in [0.4, 0.5) is 0 Å². The van der Waals surface area contributed by atoms with Gasteiger partial charge in [0, 0.05) is 0 Å². The molecule has 0 unspecified atom stereocenters. The van der Waals surface area contributed by atoms with Crippen LogP contribution in [0.15, 0.2) is 97.1 Å². The predicted octanol–water partition coefficient (Wildman–Crippen LogP) is 7.23. The van der Waals surface area contributed by atoms with Crippen molar-refractivity contribution >= 4 is 21.5 Å². The first kappa shape index (κ1) is 14.8. The quantitative estimate of drug-likeness (QED) is 0.291. The molecule has 0 aromatic heterocycles. The molecule has 27 heavy (non-hydrogen) atoms. The van der Waals surface area contributed by atoms with E-state index in [0.717, 1.165) is 6.42 Å². The van der Waals surface area contributed by atoms with Crippen molar-refractivity contribution in [3.8, 4) is 22.3 Å². The summed E-state index contributed by atoms with van der Waals surface area (Å²) in [5.74, 6) is 0. The summed E-state index contributed by atoms with van der Waals surface area (Å²) in [5.41, 5.74) is 8.18. The molecule has 5 aromatic rings. The molecule has 0 fully saturated rings. The van der Waals surface area contributed by atoms with Crippen molar-refractivity contribution in [2.45, 2.75) is 6.42 Å². The van der Waals surface area contributed by atoms with Gasteiger partial charge in [0.25, 0.3) is 0 Å². The predicted molar refractivity (Wildman–Crippen MR) is 115 cm³/mol. The van der Waals surface area contributed by atoms with Gasteiger partial charge in [-0.3, -0.25) is 0 Å². The summed E-state index contributed by atoms with van der Waals surface area (Å²) in [6.45, 7) is 0. The highest BCUT2D eigenvalue weighted by molar-refractivity contribution is 6.24. The summed E-state index contributed by atoms with van der Waals surface area (Å²) in [6.07, 6.45) is 1.04. The molecule has 0 amide bonds. The van der Waals surface area contributed by atoms with Crippen LogP contribution in [0.25, 0.3) is 43.8 Å². The molecule has 0 aliphatic heterocycles. The molecule has 126 valence electrons. The SMILES string of the molecule is c1ccc(-c2c(-c3ccccc3)c3cccc4c3c3c(cccc23)C4)cc1. The molecule has 0 heterocycles. The van der Waals surface area contributed by atoms with Crippen molar-refractivity contribution in [1.29, 1.82) is 0 Å². The maximum absolute atomic E-state index is 2.30. The minimum atomic E-state index is 1.04. The molecule has 1 aliphatic carbocycles. The van der Waals surface area contributed by atoms with E-state index in [2.05, 4.69) is 97.1 Å². The summed E-state index contributed by atoms with van der Waals surface area (Å²) in [5, 5.41) is 5.63. The second-order valence-electron chi connectivity index (χ2n) is 7.34. The lowest BCUT2D eigenvalue weighted by Gasteiger charge is -2.18. The van der Waals surface area contributed by atoms with Gasteiger partial charge in [-0.05, 0) is 61.3 Å². The van der Waals surface area contributed by atoms with Crippen molar-refractivity contribution in [3.05, 3.63) is 108 Å². The fourth-order valence-electron chi connectivity index (χ4n) is 4.79. The maximum Gasteiger partial charge on any atom is -0.00130 e. The van der Waals surface area contributed by atoms with Crippen LogP contribution < -0.4 is 0 Å². The van der Waals surface area contributed by atoms with Crippen LogP contribution in [0.1, 0.15) is 11.1 Å².